The van der Waals surface area contributed by atoms with Crippen molar-refractivity contribution in [2.45, 2.75) is 12.8 Å². The maximum Gasteiger partial charge on any atom is 0.228 e. The van der Waals surface area contributed by atoms with Crippen LogP contribution in [0.2, 0.25) is 5.02 Å². The molecule has 8 heteroatoms. The van der Waals surface area contributed by atoms with E-state index < -0.39 is 0 Å². The Morgan fingerprint density at radius 2 is 1.89 bits per heavy atom. The van der Waals surface area contributed by atoms with Crippen LogP contribution < -0.4 is 10.6 Å². The molecule has 0 fully saturated rings. The minimum absolute atomic E-state index is 0.225. The number of rotatable bonds is 7. The van der Waals surface area contributed by atoms with E-state index in [2.05, 4.69) is 25.8 Å². The predicted octanol–water partition coefficient (Wildman–Crippen LogP) is 3.48. The summed E-state index contributed by atoms with van der Waals surface area (Å²) >= 11 is 5.99. The van der Waals surface area contributed by atoms with Crippen LogP contribution in [0.5, 0.6) is 0 Å². The molecule has 0 saturated heterocycles. The second-order valence-corrected chi connectivity index (χ2v) is 6.51. The van der Waals surface area contributed by atoms with Crippen molar-refractivity contribution < 1.29 is 8.91 Å². The fraction of sp³-hybridized carbons (Fsp3) is 0.250. The van der Waals surface area contributed by atoms with E-state index in [9.17, 15) is 4.39 Å². The van der Waals surface area contributed by atoms with Crippen molar-refractivity contribution in [1.82, 2.24) is 20.8 Å². The molecule has 0 amide bonds. The van der Waals surface area contributed by atoms with Crippen molar-refractivity contribution in [2.75, 3.05) is 20.1 Å². The molecule has 1 aromatic heterocycles. The minimum atomic E-state index is -0.225. The molecular formula is C20H21ClFN5O. The molecule has 1 heterocycles. The molecule has 0 radical (unpaired) electrons. The van der Waals surface area contributed by atoms with Gasteiger partial charge in [-0.25, -0.2) is 4.39 Å². The largest absolute Gasteiger partial charge is 0.356 e. The summed E-state index contributed by atoms with van der Waals surface area (Å²) < 4.78 is 18.5. The zero-order valence-corrected chi connectivity index (χ0v) is 16.2. The summed E-state index contributed by atoms with van der Waals surface area (Å²) in [5.74, 6) is 1.47. The number of halogens is 2. The van der Waals surface area contributed by atoms with Crippen LogP contribution in [0.3, 0.4) is 0 Å². The van der Waals surface area contributed by atoms with Crippen LogP contribution in [0.1, 0.15) is 11.5 Å². The number of aliphatic imine (C=N–C) groups is 1. The summed E-state index contributed by atoms with van der Waals surface area (Å²) in [7, 11) is 1.70. The van der Waals surface area contributed by atoms with E-state index in [4.69, 9.17) is 16.1 Å². The van der Waals surface area contributed by atoms with Gasteiger partial charge in [-0.1, -0.05) is 41.0 Å². The van der Waals surface area contributed by atoms with Crippen LogP contribution in [-0.4, -0.2) is 36.2 Å². The van der Waals surface area contributed by atoms with Gasteiger partial charge in [0.25, 0.3) is 0 Å². The summed E-state index contributed by atoms with van der Waals surface area (Å²) in [6.45, 7) is 1.22. The first-order valence-electron chi connectivity index (χ1n) is 8.91. The average molecular weight is 402 g/mol. The Morgan fingerprint density at radius 3 is 2.64 bits per heavy atom. The molecule has 2 aromatic carbocycles. The van der Waals surface area contributed by atoms with Gasteiger partial charge in [-0.05, 0) is 36.2 Å². The highest BCUT2D eigenvalue weighted by atomic mass is 35.5. The van der Waals surface area contributed by atoms with E-state index in [0.29, 0.717) is 48.6 Å². The smallest absolute Gasteiger partial charge is 0.228 e. The second-order valence-electron chi connectivity index (χ2n) is 6.08. The summed E-state index contributed by atoms with van der Waals surface area (Å²) in [6.07, 6.45) is 1.25. The normalized spacial score (nSPS) is 11.5. The lowest BCUT2D eigenvalue weighted by atomic mass is 10.1. The molecule has 0 spiro atoms. The first kappa shape index (κ1) is 19.8. The third-order valence-electron chi connectivity index (χ3n) is 4.00. The molecule has 3 rings (SSSR count). The number of benzene rings is 2. The molecule has 0 aliphatic carbocycles. The average Bonchev–Trinajstić information content (AvgIpc) is 3.16. The van der Waals surface area contributed by atoms with Crippen molar-refractivity contribution in [1.29, 1.82) is 0 Å². The fourth-order valence-electron chi connectivity index (χ4n) is 2.63. The van der Waals surface area contributed by atoms with E-state index in [1.807, 2.05) is 18.2 Å². The standard InChI is InChI=1S/C20H21ClFN5O/c1-23-20(24-10-8-14-4-2-7-17(22)12-14)25-11-9-18-26-19(27-28-18)15-5-3-6-16(21)13-15/h2-7,12-13H,8-11H2,1H3,(H2,23,24,25). The number of aromatic nitrogens is 2. The topological polar surface area (TPSA) is 75.3 Å². The molecule has 2 N–H and O–H groups in total. The van der Waals surface area contributed by atoms with Gasteiger partial charge in [0.15, 0.2) is 5.96 Å². The van der Waals surface area contributed by atoms with Crippen LogP contribution in [0.4, 0.5) is 4.39 Å². The quantitative estimate of drug-likeness (QED) is 0.468. The Balaban J connectivity index is 1.43. The van der Waals surface area contributed by atoms with E-state index >= 15 is 0 Å². The predicted molar refractivity (Wildman–Crippen MR) is 108 cm³/mol. The molecule has 0 bridgehead atoms. The van der Waals surface area contributed by atoms with Crippen molar-refractivity contribution >= 4 is 17.6 Å². The zero-order valence-electron chi connectivity index (χ0n) is 15.5. The monoisotopic (exact) mass is 401 g/mol. The molecule has 6 nitrogen and oxygen atoms in total. The van der Waals surface area contributed by atoms with Crippen LogP contribution in [-0.2, 0) is 12.8 Å². The van der Waals surface area contributed by atoms with Crippen LogP contribution in [0, 0.1) is 5.82 Å². The van der Waals surface area contributed by atoms with Crippen LogP contribution in [0.15, 0.2) is 58.0 Å². The summed E-state index contributed by atoms with van der Waals surface area (Å²) in [6, 6.07) is 13.9. The summed E-state index contributed by atoms with van der Waals surface area (Å²) in [5, 5.41) is 11.0. The fourth-order valence-corrected chi connectivity index (χ4v) is 2.82. The van der Waals surface area contributed by atoms with Gasteiger partial charge in [-0.2, -0.15) is 4.98 Å². The SMILES string of the molecule is CN=C(NCCc1cccc(F)c1)NCCc1nc(-c2cccc(Cl)c2)no1. The first-order valence-corrected chi connectivity index (χ1v) is 9.29. The van der Waals surface area contributed by atoms with Gasteiger partial charge in [0, 0.05) is 37.1 Å². The third kappa shape index (κ3) is 5.79. The minimum Gasteiger partial charge on any atom is -0.356 e. The summed E-state index contributed by atoms with van der Waals surface area (Å²) in [5.41, 5.74) is 1.74. The van der Waals surface area contributed by atoms with Gasteiger partial charge in [0.1, 0.15) is 5.82 Å². The van der Waals surface area contributed by atoms with Crippen LogP contribution >= 0.6 is 11.6 Å². The molecule has 0 saturated carbocycles. The number of hydrogen-bond donors (Lipinski definition) is 2. The molecule has 0 atom stereocenters. The van der Waals surface area contributed by atoms with Gasteiger partial charge < -0.3 is 15.2 Å². The van der Waals surface area contributed by atoms with Gasteiger partial charge in [-0.15, -0.1) is 0 Å². The van der Waals surface area contributed by atoms with Gasteiger partial charge >= 0.3 is 0 Å². The van der Waals surface area contributed by atoms with Gasteiger partial charge in [0.2, 0.25) is 11.7 Å². The van der Waals surface area contributed by atoms with Crippen molar-refractivity contribution in [3.8, 4) is 11.4 Å². The highest BCUT2D eigenvalue weighted by molar-refractivity contribution is 6.30. The summed E-state index contributed by atoms with van der Waals surface area (Å²) in [4.78, 5) is 8.55. The van der Waals surface area contributed by atoms with Crippen molar-refractivity contribution in [2.24, 2.45) is 4.99 Å². The molecule has 0 aliphatic rings. The van der Waals surface area contributed by atoms with Crippen LogP contribution in [0.25, 0.3) is 11.4 Å². The lowest BCUT2D eigenvalue weighted by Crippen LogP contribution is -2.39. The highest BCUT2D eigenvalue weighted by Gasteiger charge is 2.09. The zero-order chi connectivity index (χ0) is 19.8. The number of nitrogens with zero attached hydrogens (tertiary/aromatic N) is 3. The maximum absolute atomic E-state index is 13.2. The number of nitrogens with one attached hydrogen (secondary N) is 2. The Kier molecular flexibility index (Phi) is 6.97. The van der Waals surface area contributed by atoms with Crippen molar-refractivity contribution in [3.63, 3.8) is 0 Å². The van der Waals surface area contributed by atoms with E-state index in [0.717, 1.165) is 11.1 Å². The highest BCUT2D eigenvalue weighted by Crippen LogP contribution is 2.19. The third-order valence-corrected chi connectivity index (χ3v) is 4.24. The van der Waals surface area contributed by atoms with Gasteiger partial charge in [-0.3, -0.25) is 4.99 Å². The molecule has 28 heavy (non-hydrogen) atoms. The van der Waals surface area contributed by atoms with Gasteiger partial charge in [0.05, 0.1) is 0 Å². The number of hydrogen-bond acceptors (Lipinski definition) is 4. The lowest BCUT2D eigenvalue weighted by Gasteiger charge is -2.11. The Morgan fingerprint density at radius 1 is 1.11 bits per heavy atom. The lowest BCUT2D eigenvalue weighted by molar-refractivity contribution is 0.378. The molecule has 146 valence electrons. The Labute approximate surface area is 167 Å². The maximum atomic E-state index is 13.2. The molecule has 0 aliphatic heterocycles. The van der Waals surface area contributed by atoms with E-state index in [-0.39, 0.29) is 5.82 Å². The van der Waals surface area contributed by atoms with Crippen molar-refractivity contribution in [3.05, 3.63) is 70.8 Å². The Bertz CT molecular complexity index is 944. The number of guanidine groups is 1. The van der Waals surface area contributed by atoms with E-state index in [1.165, 1.54) is 12.1 Å². The second kappa shape index (κ2) is 9.85. The first-order chi connectivity index (χ1) is 13.6. The Hall–Kier alpha value is -2.93. The molecule has 3 aromatic rings. The molecule has 0 unspecified atom stereocenters. The molecular weight excluding hydrogens is 381 g/mol. The van der Waals surface area contributed by atoms with E-state index in [1.54, 1.807) is 25.2 Å².